The number of nitrogen functional groups attached to an aromatic ring is 1. The number of aromatic nitrogens is 3. The molecule has 18 heavy (non-hydrogen) atoms. The molecule has 9 heteroatoms. The Labute approximate surface area is 108 Å². The zero-order valence-corrected chi connectivity index (χ0v) is 11.1. The van der Waals surface area contributed by atoms with Gasteiger partial charge in [-0.15, -0.1) is 0 Å². The first-order valence-electron chi connectivity index (χ1n) is 4.98. The van der Waals surface area contributed by atoms with Crippen LogP contribution in [-0.2, 0) is 16.6 Å². The van der Waals surface area contributed by atoms with Gasteiger partial charge >= 0.3 is 0 Å². The van der Waals surface area contributed by atoms with Gasteiger partial charge in [-0.3, -0.25) is 0 Å². The van der Waals surface area contributed by atoms with Crippen molar-refractivity contribution in [1.29, 1.82) is 0 Å². The third kappa shape index (κ3) is 2.81. The minimum absolute atomic E-state index is 0.0768. The van der Waals surface area contributed by atoms with E-state index in [2.05, 4.69) is 19.9 Å². The Kier molecular flexibility index (Phi) is 3.55. The van der Waals surface area contributed by atoms with Crippen LogP contribution in [0.1, 0.15) is 11.4 Å². The van der Waals surface area contributed by atoms with Crippen molar-refractivity contribution in [2.24, 2.45) is 0 Å². The summed E-state index contributed by atoms with van der Waals surface area (Å²) in [5.74, 6) is 0. The van der Waals surface area contributed by atoms with Crippen molar-refractivity contribution < 1.29 is 8.42 Å². The molecule has 3 N–H and O–H groups in total. The molecule has 7 nitrogen and oxygen atoms in total. The van der Waals surface area contributed by atoms with E-state index in [9.17, 15) is 8.42 Å². The van der Waals surface area contributed by atoms with E-state index < -0.39 is 10.0 Å². The van der Waals surface area contributed by atoms with Gasteiger partial charge in [-0.25, -0.2) is 18.1 Å². The number of aryl methyl sites for hydroxylation is 1. The smallest absolute Gasteiger partial charge is 0.252 e. The van der Waals surface area contributed by atoms with E-state index in [0.29, 0.717) is 11.4 Å². The van der Waals surface area contributed by atoms with Crippen LogP contribution in [0.2, 0.25) is 0 Å². The normalized spacial score (nSPS) is 11.6. The average molecular weight is 285 g/mol. The fourth-order valence-corrected chi connectivity index (χ4v) is 3.66. The van der Waals surface area contributed by atoms with Gasteiger partial charge in [0, 0.05) is 6.20 Å². The molecule has 0 bridgehead atoms. The molecule has 0 aliphatic carbocycles. The predicted octanol–water partition coefficient (Wildman–Crippen LogP) is 0.302. The highest BCUT2D eigenvalue weighted by Gasteiger charge is 2.20. The summed E-state index contributed by atoms with van der Waals surface area (Å²) >= 11 is 0.937. The highest BCUT2D eigenvalue weighted by Crippen LogP contribution is 2.24. The number of nitrogens with two attached hydrogens (primary N) is 1. The second-order valence-corrected chi connectivity index (χ2v) is 6.46. The molecule has 0 fully saturated rings. The number of thiazole rings is 1. The van der Waals surface area contributed by atoms with E-state index in [4.69, 9.17) is 5.73 Å². The first-order chi connectivity index (χ1) is 8.49. The van der Waals surface area contributed by atoms with Crippen LogP contribution < -0.4 is 10.5 Å². The molecule has 96 valence electrons. The standard InChI is InChI=1S/C9H11N5O2S2/c1-6-8(17-9(10)13-6)18(15,16)12-5-7-3-2-4-11-14-7/h2-4,12H,5H2,1H3,(H2,10,13). The van der Waals surface area contributed by atoms with Crippen LogP contribution in [0.3, 0.4) is 0 Å². The lowest BCUT2D eigenvalue weighted by Crippen LogP contribution is -2.23. The van der Waals surface area contributed by atoms with Crippen LogP contribution in [0.5, 0.6) is 0 Å². The second-order valence-electron chi connectivity index (χ2n) is 3.46. The molecule has 0 aliphatic rings. The summed E-state index contributed by atoms with van der Waals surface area (Å²) in [5.41, 5.74) is 6.41. The molecule has 0 atom stereocenters. The lowest BCUT2D eigenvalue weighted by atomic mass is 10.4. The Morgan fingerprint density at radius 3 is 2.83 bits per heavy atom. The third-order valence-corrected chi connectivity index (χ3v) is 5.08. The zero-order chi connectivity index (χ0) is 13.2. The van der Waals surface area contributed by atoms with Crippen LogP contribution in [-0.4, -0.2) is 23.6 Å². The molecule has 2 rings (SSSR count). The van der Waals surface area contributed by atoms with Gasteiger partial charge in [0.15, 0.2) is 9.34 Å². The highest BCUT2D eigenvalue weighted by atomic mass is 32.2. The maximum Gasteiger partial charge on any atom is 0.252 e. The monoisotopic (exact) mass is 285 g/mol. The lowest BCUT2D eigenvalue weighted by Gasteiger charge is -2.03. The minimum Gasteiger partial charge on any atom is -0.375 e. The van der Waals surface area contributed by atoms with Gasteiger partial charge in [0.2, 0.25) is 0 Å². The fraction of sp³-hybridized carbons (Fsp3) is 0.222. The fourth-order valence-electron chi connectivity index (χ4n) is 1.31. The van der Waals surface area contributed by atoms with Crippen molar-refractivity contribution >= 4 is 26.5 Å². The van der Waals surface area contributed by atoms with Gasteiger partial charge in [-0.1, -0.05) is 11.3 Å². The van der Waals surface area contributed by atoms with E-state index in [0.717, 1.165) is 11.3 Å². The summed E-state index contributed by atoms with van der Waals surface area (Å²) < 4.78 is 26.5. The summed E-state index contributed by atoms with van der Waals surface area (Å²) in [6.07, 6.45) is 1.52. The van der Waals surface area contributed by atoms with E-state index in [1.807, 2.05) is 0 Å². The summed E-state index contributed by atoms with van der Waals surface area (Å²) in [7, 11) is -3.61. The minimum atomic E-state index is -3.61. The molecule has 0 radical (unpaired) electrons. The molecule has 2 heterocycles. The summed E-state index contributed by atoms with van der Waals surface area (Å²) in [6.45, 7) is 1.68. The van der Waals surface area contributed by atoms with E-state index in [1.54, 1.807) is 19.1 Å². The highest BCUT2D eigenvalue weighted by molar-refractivity contribution is 7.91. The van der Waals surface area contributed by atoms with E-state index in [-0.39, 0.29) is 15.9 Å². The third-order valence-electron chi connectivity index (χ3n) is 2.09. The van der Waals surface area contributed by atoms with Crippen LogP contribution in [0.25, 0.3) is 0 Å². The Bertz CT molecular complexity index is 638. The van der Waals surface area contributed by atoms with Gasteiger partial charge in [-0.05, 0) is 19.1 Å². The quantitative estimate of drug-likeness (QED) is 0.836. The Morgan fingerprint density at radius 1 is 1.50 bits per heavy atom. The van der Waals surface area contributed by atoms with Crippen molar-refractivity contribution in [3.05, 3.63) is 29.7 Å². The van der Waals surface area contributed by atoms with E-state index in [1.165, 1.54) is 6.20 Å². The Morgan fingerprint density at radius 2 is 2.28 bits per heavy atom. The van der Waals surface area contributed by atoms with Crippen molar-refractivity contribution in [2.75, 3.05) is 5.73 Å². The molecule has 0 amide bonds. The van der Waals surface area contributed by atoms with Crippen molar-refractivity contribution in [2.45, 2.75) is 17.7 Å². The molecular formula is C9H11N5O2S2. The lowest BCUT2D eigenvalue weighted by molar-refractivity contribution is 0.581. The zero-order valence-electron chi connectivity index (χ0n) is 9.49. The molecule has 0 aliphatic heterocycles. The van der Waals surface area contributed by atoms with Crippen molar-refractivity contribution in [1.82, 2.24) is 19.9 Å². The van der Waals surface area contributed by atoms with Crippen molar-refractivity contribution in [3.8, 4) is 0 Å². The Balaban J connectivity index is 2.16. The summed E-state index contributed by atoms with van der Waals surface area (Å²) in [5, 5.41) is 7.68. The van der Waals surface area contributed by atoms with Crippen LogP contribution >= 0.6 is 11.3 Å². The molecule has 2 aromatic rings. The molecule has 0 saturated heterocycles. The second kappa shape index (κ2) is 4.96. The van der Waals surface area contributed by atoms with Gasteiger partial charge in [-0.2, -0.15) is 10.2 Å². The van der Waals surface area contributed by atoms with E-state index >= 15 is 0 Å². The number of sulfonamides is 1. The van der Waals surface area contributed by atoms with Crippen LogP contribution in [0.15, 0.2) is 22.5 Å². The van der Waals surface area contributed by atoms with Gasteiger partial charge in [0.1, 0.15) is 0 Å². The number of nitrogens with zero attached hydrogens (tertiary/aromatic N) is 3. The van der Waals surface area contributed by atoms with Gasteiger partial charge in [0.05, 0.1) is 17.9 Å². The van der Waals surface area contributed by atoms with Crippen LogP contribution in [0, 0.1) is 6.92 Å². The molecule has 0 spiro atoms. The van der Waals surface area contributed by atoms with Gasteiger partial charge < -0.3 is 5.73 Å². The topological polar surface area (TPSA) is 111 Å². The largest absolute Gasteiger partial charge is 0.375 e. The number of rotatable bonds is 4. The number of hydrogen-bond donors (Lipinski definition) is 2. The SMILES string of the molecule is Cc1nc(N)sc1S(=O)(=O)NCc1cccnn1. The summed E-state index contributed by atoms with van der Waals surface area (Å²) in [6, 6.07) is 3.37. The molecular weight excluding hydrogens is 274 g/mol. The first-order valence-corrected chi connectivity index (χ1v) is 7.28. The maximum absolute atomic E-state index is 12.0. The molecule has 0 saturated carbocycles. The van der Waals surface area contributed by atoms with Gasteiger partial charge in [0.25, 0.3) is 10.0 Å². The predicted molar refractivity (Wildman–Crippen MR) is 67.3 cm³/mol. The van der Waals surface area contributed by atoms with Crippen molar-refractivity contribution in [3.63, 3.8) is 0 Å². The average Bonchev–Trinajstić information content (AvgIpc) is 2.68. The van der Waals surface area contributed by atoms with Crippen LogP contribution in [0.4, 0.5) is 5.13 Å². The Hall–Kier alpha value is -1.58. The number of hydrogen-bond acceptors (Lipinski definition) is 7. The summed E-state index contributed by atoms with van der Waals surface area (Å²) in [4.78, 5) is 3.88. The molecule has 0 unspecified atom stereocenters. The maximum atomic E-state index is 12.0. The number of anilines is 1. The molecule has 0 aromatic carbocycles. The number of nitrogens with one attached hydrogen (secondary N) is 1. The molecule has 2 aromatic heterocycles. The first kappa shape index (κ1) is 12.9.